The summed E-state index contributed by atoms with van der Waals surface area (Å²) in [5, 5.41) is 11.6. The van der Waals surface area contributed by atoms with Crippen molar-refractivity contribution in [1.29, 1.82) is 0 Å². The van der Waals surface area contributed by atoms with E-state index in [-0.39, 0.29) is 34.0 Å². The largest absolute Gasteiger partial charge is 0.428 e. The van der Waals surface area contributed by atoms with Gasteiger partial charge >= 0.3 is 0 Å². The van der Waals surface area contributed by atoms with Gasteiger partial charge in [-0.15, -0.1) is 10.2 Å². The van der Waals surface area contributed by atoms with Gasteiger partial charge in [-0.25, -0.2) is 4.39 Å². The summed E-state index contributed by atoms with van der Waals surface area (Å²) in [6, 6.07) is 10.5. The highest BCUT2D eigenvalue weighted by Gasteiger charge is 2.72. The van der Waals surface area contributed by atoms with E-state index in [9.17, 15) is 9.59 Å². The minimum absolute atomic E-state index is 0.00339. The van der Waals surface area contributed by atoms with Crippen LogP contribution in [0.15, 0.2) is 47.2 Å². The lowest BCUT2D eigenvalue weighted by Crippen LogP contribution is -2.52. The molecule has 1 aliphatic heterocycles. The summed E-state index contributed by atoms with van der Waals surface area (Å²) in [5.74, 6) is -0.700. The Morgan fingerprint density at radius 3 is 2.52 bits per heavy atom. The van der Waals surface area contributed by atoms with Crippen molar-refractivity contribution in [2.24, 2.45) is 22.7 Å². The Labute approximate surface area is 267 Å². The maximum atomic E-state index is 16.2. The molecule has 3 saturated carbocycles. The number of carbonyl (C=O) groups excluding carboxylic acids is 2. The summed E-state index contributed by atoms with van der Waals surface area (Å²) in [7, 11) is 0. The first kappa shape index (κ1) is 29.9. The zero-order valence-corrected chi connectivity index (χ0v) is 26.7. The molecule has 0 unspecified atom stereocenters. The van der Waals surface area contributed by atoms with Crippen LogP contribution in [-0.2, 0) is 15.0 Å². The fourth-order valence-electron chi connectivity index (χ4n) is 9.40. The van der Waals surface area contributed by atoms with E-state index in [0.717, 1.165) is 56.9 Å². The average Bonchev–Trinajstić information content (AvgIpc) is 3.70. The molecule has 3 atom stereocenters. The Morgan fingerprint density at radius 1 is 1.07 bits per heavy atom. The lowest BCUT2D eigenvalue weighted by atomic mass is 9.51. The van der Waals surface area contributed by atoms with E-state index in [4.69, 9.17) is 27.6 Å². The van der Waals surface area contributed by atoms with Gasteiger partial charge in [0.05, 0.1) is 10.4 Å². The first-order chi connectivity index (χ1) is 21.0. The number of Topliss-reactive ketones (excluding diaryl/α,β-unsaturated/α-hetero) is 1. The van der Waals surface area contributed by atoms with Gasteiger partial charge < -0.3 is 9.73 Å². The topological polar surface area (TPSA) is 85.1 Å². The smallest absolute Gasteiger partial charge is 0.236 e. The number of nitrogens with zero attached hydrogens (tertiary/aromatic N) is 2. The number of carbonyl (C=O) groups is 2. The fourth-order valence-corrected chi connectivity index (χ4v) is 9.75. The minimum atomic E-state index is -1.12. The average molecular weight is 639 g/mol. The predicted octanol–water partition coefficient (Wildman–Crippen LogP) is 9.03. The molecule has 0 saturated heterocycles. The highest BCUT2D eigenvalue weighted by molar-refractivity contribution is 6.31. The van der Waals surface area contributed by atoms with Crippen LogP contribution in [0.3, 0.4) is 0 Å². The van der Waals surface area contributed by atoms with Crippen LogP contribution in [0.4, 0.5) is 10.1 Å². The number of aromatic nitrogens is 2. The molecular weight excluding hydrogens is 600 g/mol. The molecule has 1 aromatic heterocycles. The molecule has 1 amide bonds. The number of halogens is 3. The zero-order valence-electron chi connectivity index (χ0n) is 25.2. The van der Waals surface area contributed by atoms with Crippen molar-refractivity contribution < 1.29 is 18.4 Å². The van der Waals surface area contributed by atoms with Crippen LogP contribution in [0.5, 0.6) is 0 Å². The van der Waals surface area contributed by atoms with Gasteiger partial charge in [-0.2, -0.15) is 0 Å². The van der Waals surface area contributed by atoms with E-state index in [1.54, 1.807) is 18.2 Å². The van der Waals surface area contributed by atoms with Crippen LogP contribution >= 0.6 is 23.2 Å². The van der Waals surface area contributed by atoms with E-state index in [2.05, 4.69) is 29.4 Å². The molecule has 7 rings (SSSR count). The Balaban J connectivity index is 1.31. The minimum Gasteiger partial charge on any atom is -0.428 e. The third-order valence-corrected chi connectivity index (χ3v) is 12.2. The van der Waals surface area contributed by atoms with Crippen molar-refractivity contribution in [2.45, 2.75) is 95.3 Å². The van der Waals surface area contributed by atoms with Crippen LogP contribution in [0.2, 0.25) is 10.0 Å². The van der Waals surface area contributed by atoms with Crippen LogP contribution in [0.25, 0.3) is 0 Å². The Kier molecular flexibility index (Phi) is 7.44. The monoisotopic (exact) mass is 637 g/mol. The molecular formula is C35H38Cl2FN3O3. The van der Waals surface area contributed by atoms with Crippen molar-refractivity contribution in [2.75, 3.05) is 5.32 Å². The number of rotatable bonds is 5. The molecule has 0 radical (unpaired) electrons. The van der Waals surface area contributed by atoms with E-state index < -0.39 is 28.5 Å². The standard InChI is InChI=1S/C35H38Cl2FN3O3/c1-33(2)12-14-34(15-13-33)18-24(28(42)16-20-6-8-21(9-7-20)31-41-39-19-44-31)29(23-4-3-5-26(37)30(23)38)35(34)25-11-10-22(36)17-27(25)40-32(35)43/h3-5,10-11,17,19-21,24,29H,6-9,12-16,18H2,1-2H3,(H,40,43)/t20?,21?,24-,29-,35+/m0/s1. The van der Waals surface area contributed by atoms with Gasteiger partial charge in [0, 0.05) is 34.9 Å². The molecule has 3 aromatic rings. The molecule has 2 spiro atoms. The van der Waals surface area contributed by atoms with Crippen LogP contribution < -0.4 is 5.32 Å². The number of hydrogen-bond acceptors (Lipinski definition) is 5. The zero-order chi connectivity index (χ0) is 30.9. The summed E-state index contributed by atoms with van der Waals surface area (Å²) in [4.78, 5) is 29.3. The lowest BCUT2D eigenvalue weighted by Gasteiger charge is -2.51. The molecule has 2 aromatic carbocycles. The lowest BCUT2D eigenvalue weighted by molar-refractivity contribution is -0.127. The summed E-state index contributed by atoms with van der Waals surface area (Å²) in [6.07, 6.45) is 9.28. The molecule has 44 heavy (non-hydrogen) atoms. The Morgan fingerprint density at radius 2 is 1.82 bits per heavy atom. The first-order valence-electron chi connectivity index (χ1n) is 15.9. The van der Waals surface area contributed by atoms with Crippen molar-refractivity contribution in [3.8, 4) is 0 Å². The number of ketones is 1. The Hall–Kier alpha value is -2.77. The molecule has 2 heterocycles. The third kappa shape index (κ3) is 4.63. The second-order valence-electron chi connectivity index (χ2n) is 14.5. The van der Waals surface area contributed by atoms with Crippen molar-refractivity contribution in [3.63, 3.8) is 0 Å². The fraction of sp³-hybridized carbons (Fsp3) is 0.543. The molecule has 232 valence electrons. The normalized spacial score (nSPS) is 30.4. The summed E-state index contributed by atoms with van der Waals surface area (Å²) < 4.78 is 21.6. The van der Waals surface area contributed by atoms with Gasteiger partial charge in [0.25, 0.3) is 0 Å². The number of amides is 1. The van der Waals surface area contributed by atoms with Crippen LogP contribution in [-0.4, -0.2) is 21.9 Å². The molecule has 6 nitrogen and oxygen atoms in total. The summed E-state index contributed by atoms with van der Waals surface area (Å²) in [6.45, 7) is 4.54. The second kappa shape index (κ2) is 10.9. The van der Waals surface area contributed by atoms with E-state index in [1.807, 2.05) is 12.1 Å². The molecule has 0 bridgehead atoms. The molecule has 3 fully saturated rings. The van der Waals surface area contributed by atoms with Gasteiger partial charge in [-0.05, 0) is 104 Å². The van der Waals surface area contributed by atoms with Gasteiger partial charge in [0.15, 0.2) is 0 Å². The number of hydrogen-bond donors (Lipinski definition) is 1. The van der Waals surface area contributed by atoms with Crippen LogP contribution in [0, 0.1) is 28.5 Å². The van der Waals surface area contributed by atoms with E-state index in [0.29, 0.717) is 35.0 Å². The third-order valence-electron chi connectivity index (χ3n) is 11.7. The first-order valence-corrected chi connectivity index (χ1v) is 16.6. The summed E-state index contributed by atoms with van der Waals surface area (Å²) in [5.41, 5.74) is 0.334. The highest BCUT2D eigenvalue weighted by Crippen LogP contribution is 2.72. The molecule has 1 N–H and O–H groups in total. The molecule has 3 aliphatic carbocycles. The van der Waals surface area contributed by atoms with Crippen molar-refractivity contribution >= 4 is 40.6 Å². The van der Waals surface area contributed by atoms with Gasteiger partial charge in [0.1, 0.15) is 11.6 Å². The maximum absolute atomic E-state index is 16.2. The number of fused-ring (bicyclic) bond motifs is 3. The maximum Gasteiger partial charge on any atom is 0.236 e. The van der Waals surface area contributed by atoms with E-state index in [1.165, 1.54) is 12.5 Å². The molecule has 9 heteroatoms. The van der Waals surface area contributed by atoms with Gasteiger partial charge in [0.2, 0.25) is 18.2 Å². The number of anilines is 1. The highest BCUT2D eigenvalue weighted by atomic mass is 35.5. The molecule has 4 aliphatic rings. The second-order valence-corrected chi connectivity index (χ2v) is 15.3. The van der Waals surface area contributed by atoms with Gasteiger partial charge in [-0.3, -0.25) is 9.59 Å². The summed E-state index contributed by atoms with van der Waals surface area (Å²) >= 11 is 12.8. The van der Waals surface area contributed by atoms with Crippen molar-refractivity contribution in [3.05, 3.63) is 75.7 Å². The number of nitrogens with one attached hydrogen (secondary N) is 1. The van der Waals surface area contributed by atoms with Crippen LogP contribution in [0.1, 0.15) is 107 Å². The SMILES string of the molecule is CC1(C)CCC2(CC1)C[C@@H](C(=O)CC1CCC(c3nnco3)CC1)[C@H](c1cccc(Cl)c1F)[C@]21C(=O)Nc2cc(Cl)ccc21. The van der Waals surface area contributed by atoms with Gasteiger partial charge in [-0.1, -0.05) is 55.2 Å². The van der Waals surface area contributed by atoms with Crippen molar-refractivity contribution in [1.82, 2.24) is 10.2 Å². The quantitative estimate of drug-likeness (QED) is 0.302. The Bertz CT molecular complexity index is 1590. The number of benzene rings is 2. The van der Waals surface area contributed by atoms with E-state index >= 15 is 4.39 Å². The predicted molar refractivity (Wildman–Crippen MR) is 167 cm³/mol.